The minimum absolute atomic E-state index is 0.238. The molecular formula is C20H26N2O2. The normalized spacial score (nSPS) is 18.1. The van der Waals surface area contributed by atoms with E-state index in [9.17, 15) is 4.79 Å². The third kappa shape index (κ3) is 2.92. The highest BCUT2D eigenvalue weighted by atomic mass is 16.5. The van der Waals surface area contributed by atoms with E-state index in [0.29, 0.717) is 0 Å². The maximum Gasteiger partial charge on any atom is 0.150 e. The van der Waals surface area contributed by atoms with Crippen molar-refractivity contribution in [3.8, 4) is 0 Å². The van der Waals surface area contributed by atoms with Crippen LogP contribution in [0.2, 0.25) is 0 Å². The number of allylic oxidation sites excluding steroid dienone is 2. The molecule has 2 aromatic heterocycles. The molecule has 1 aliphatic heterocycles. The Balaban J connectivity index is 2.17. The van der Waals surface area contributed by atoms with Gasteiger partial charge in [0.15, 0.2) is 0 Å². The molecule has 128 valence electrons. The highest BCUT2D eigenvalue weighted by Crippen LogP contribution is 2.30. The van der Waals surface area contributed by atoms with Crippen molar-refractivity contribution in [3.63, 3.8) is 0 Å². The first kappa shape index (κ1) is 16.9. The van der Waals surface area contributed by atoms with Crippen molar-refractivity contribution in [3.05, 3.63) is 46.8 Å². The van der Waals surface area contributed by atoms with Gasteiger partial charge in [-0.25, -0.2) is 0 Å². The van der Waals surface area contributed by atoms with Crippen LogP contribution in [0.1, 0.15) is 54.0 Å². The molecule has 3 heterocycles. The molecule has 2 aromatic rings. The Morgan fingerprint density at radius 1 is 1.29 bits per heavy atom. The van der Waals surface area contributed by atoms with Crippen LogP contribution in [0, 0.1) is 6.92 Å². The molecule has 4 heteroatoms. The maximum atomic E-state index is 11.6. The minimum Gasteiger partial charge on any atom is -0.379 e. The Bertz CT molecular complexity index is 783. The molecule has 0 saturated carbocycles. The summed E-state index contributed by atoms with van der Waals surface area (Å²) in [5.41, 5.74) is 6.57. The number of aromatic nitrogens is 1. The molecule has 0 radical (unpaired) electrons. The number of hydrogen-bond acceptors (Lipinski definition) is 3. The highest BCUT2D eigenvalue weighted by molar-refractivity contribution is 5.82. The number of fused-ring (bicyclic) bond motifs is 1. The van der Waals surface area contributed by atoms with E-state index in [4.69, 9.17) is 4.74 Å². The van der Waals surface area contributed by atoms with E-state index >= 15 is 0 Å². The molecule has 0 bridgehead atoms. The lowest BCUT2D eigenvalue weighted by atomic mass is 10.0. The lowest BCUT2D eigenvalue weighted by Crippen LogP contribution is -2.38. The van der Waals surface area contributed by atoms with Crippen molar-refractivity contribution in [2.75, 3.05) is 26.3 Å². The molecule has 1 aliphatic rings. The van der Waals surface area contributed by atoms with Gasteiger partial charge in [0.05, 0.1) is 13.2 Å². The summed E-state index contributed by atoms with van der Waals surface area (Å²) in [7, 11) is 0. The average molecular weight is 326 g/mol. The Kier molecular flexibility index (Phi) is 4.88. The SMILES string of the molecule is C/C=C(\C)c1cc2cc(C=O)c(C)c(C(C)N3CCOCC3)n2c1. The Hall–Kier alpha value is -1.91. The molecule has 1 saturated heterocycles. The van der Waals surface area contributed by atoms with Crippen molar-refractivity contribution < 1.29 is 9.53 Å². The number of carbonyl (C=O) groups is 1. The van der Waals surface area contributed by atoms with Crippen LogP contribution in [0.5, 0.6) is 0 Å². The van der Waals surface area contributed by atoms with Gasteiger partial charge < -0.3 is 9.14 Å². The Labute approximate surface area is 143 Å². The molecule has 1 atom stereocenters. The van der Waals surface area contributed by atoms with E-state index in [-0.39, 0.29) is 6.04 Å². The van der Waals surface area contributed by atoms with E-state index < -0.39 is 0 Å². The summed E-state index contributed by atoms with van der Waals surface area (Å²) in [6.45, 7) is 11.8. The van der Waals surface area contributed by atoms with Crippen LogP contribution in [-0.4, -0.2) is 41.9 Å². The number of morpholine rings is 1. The predicted molar refractivity (Wildman–Crippen MR) is 97.7 cm³/mol. The summed E-state index contributed by atoms with van der Waals surface area (Å²) in [4.78, 5) is 14.0. The average Bonchev–Trinajstić information content (AvgIpc) is 3.04. The number of ether oxygens (including phenoxy) is 1. The molecule has 24 heavy (non-hydrogen) atoms. The van der Waals surface area contributed by atoms with Gasteiger partial charge in [-0.1, -0.05) is 6.08 Å². The standard InChI is InChI=1S/C20H26N2O2/c1-5-14(2)17-10-19-11-18(13-23)15(3)20(22(19)12-17)16(4)21-6-8-24-9-7-21/h5,10-13,16H,6-9H2,1-4H3/b14-5+. The van der Waals surface area contributed by atoms with Crippen molar-refractivity contribution in [1.82, 2.24) is 9.30 Å². The van der Waals surface area contributed by atoms with Gasteiger partial charge in [0, 0.05) is 42.1 Å². The molecule has 1 fully saturated rings. The molecule has 1 unspecified atom stereocenters. The third-order valence-corrected chi connectivity index (χ3v) is 5.23. The molecule has 0 amide bonds. The van der Waals surface area contributed by atoms with E-state index in [1.54, 1.807) is 0 Å². The summed E-state index contributed by atoms with van der Waals surface area (Å²) in [5.74, 6) is 0. The van der Waals surface area contributed by atoms with Gasteiger partial charge >= 0.3 is 0 Å². The van der Waals surface area contributed by atoms with Crippen molar-refractivity contribution in [2.45, 2.75) is 33.7 Å². The summed E-state index contributed by atoms with van der Waals surface area (Å²) in [6.07, 6.45) is 5.28. The van der Waals surface area contributed by atoms with E-state index in [1.807, 2.05) is 6.07 Å². The van der Waals surface area contributed by atoms with Crippen LogP contribution in [0.3, 0.4) is 0 Å². The van der Waals surface area contributed by atoms with Crippen LogP contribution < -0.4 is 0 Å². The summed E-state index contributed by atoms with van der Waals surface area (Å²) in [5, 5.41) is 0. The Morgan fingerprint density at radius 3 is 2.62 bits per heavy atom. The lowest BCUT2D eigenvalue weighted by Gasteiger charge is -2.33. The van der Waals surface area contributed by atoms with Gasteiger partial charge in [-0.15, -0.1) is 0 Å². The smallest absolute Gasteiger partial charge is 0.150 e. The molecule has 0 aromatic carbocycles. The fraction of sp³-hybridized carbons (Fsp3) is 0.450. The number of nitrogens with zero attached hydrogens (tertiary/aromatic N) is 2. The fourth-order valence-electron chi connectivity index (χ4n) is 3.55. The first-order valence-electron chi connectivity index (χ1n) is 8.62. The zero-order valence-corrected chi connectivity index (χ0v) is 15.0. The second kappa shape index (κ2) is 6.91. The zero-order chi connectivity index (χ0) is 17.3. The molecular weight excluding hydrogens is 300 g/mol. The zero-order valence-electron chi connectivity index (χ0n) is 15.0. The molecule has 3 rings (SSSR count). The van der Waals surface area contributed by atoms with Gasteiger partial charge in [0.1, 0.15) is 6.29 Å². The van der Waals surface area contributed by atoms with Crippen LogP contribution in [0.4, 0.5) is 0 Å². The van der Waals surface area contributed by atoms with E-state index in [0.717, 1.165) is 49.2 Å². The van der Waals surface area contributed by atoms with Gasteiger partial charge in [-0.2, -0.15) is 0 Å². The van der Waals surface area contributed by atoms with Gasteiger partial charge in [-0.05, 0) is 56.5 Å². The minimum atomic E-state index is 0.238. The highest BCUT2D eigenvalue weighted by Gasteiger charge is 2.23. The summed E-state index contributed by atoms with van der Waals surface area (Å²) >= 11 is 0. The number of hydrogen-bond donors (Lipinski definition) is 0. The quantitative estimate of drug-likeness (QED) is 0.800. The second-order valence-corrected chi connectivity index (χ2v) is 6.55. The maximum absolute atomic E-state index is 11.6. The number of carbonyl (C=O) groups excluding carboxylic acids is 1. The fourth-order valence-corrected chi connectivity index (χ4v) is 3.55. The molecule has 0 spiro atoms. The number of rotatable bonds is 4. The topological polar surface area (TPSA) is 34.0 Å². The van der Waals surface area contributed by atoms with Gasteiger partial charge in [0.2, 0.25) is 0 Å². The van der Waals surface area contributed by atoms with Crippen LogP contribution in [-0.2, 0) is 4.74 Å². The summed E-state index contributed by atoms with van der Waals surface area (Å²) in [6, 6.07) is 4.39. The third-order valence-electron chi connectivity index (χ3n) is 5.23. The first-order chi connectivity index (χ1) is 11.6. The lowest BCUT2D eigenvalue weighted by molar-refractivity contribution is 0.0187. The monoisotopic (exact) mass is 326 g/mol. The van der Waals surface area contributed by atoms with Gasteiger partial charge in [0.25, 0.3) is 0 Å². The van der Waals surface area contributed by atoms with Gasteiger partial charge in [-0.3, -0.25) is 9.69 Å². The van der Waals surface area contributed by atoms with Crippen LogP contribution >= 0.6 is 0 Å². The second-order valence-electron chi connectivity index (χ2n) is 6.55. The van der Waals surface area contributed by atoms with E-state index in [1.165, 1.54) is 16.8 Å². The number of aldehydes is 1. The van der Waals surface area contributed by atoms with Crippen molar-refractivity contribution >= 4 is 17.4 Å². The molecule has 0 N–H and O–H groups in total. The number of pyridine rings is 1. The van der Waals surface area contributed by atoms with Crippen LogP contribution in [0.25, 0.3) is 11.1 Å². The molecule has 4 nitrogen and oxygen atoms in total. The first-order valence-corrected chi connectivity index (χ1v) is 8.62. The van der Waals surface area contributed by atoms with Crippen molar-refractivity contribution in [1.29, 1.82) is 0 Å². The largest absolute Gasteiger partial charge is 0.379 e. The predicted octanol–water partition coefficient (Wildman–Crippen LogP) is 3.88. The summed E-state index contributed by atoms with van der Waals surface area (Å²) < 4.78 is 7.74. The van der Waals surface area contributed by atoms with E-state index in [2.05, 4.69) is 55.3 Å². The Morgan fingerprint density at radius 2 is 2.00 bits per heavy atom. The molecule has 0 aliphatic carbocycles. The van der Waals surface area contributed by atoms with Crippen LogP contribution in [0.15, 0.2) is 24.4 Å². The van der Waals surface area contributed by atoms with Crippen molar-refractivity contribution in [2.24, 2.45) is 0 Å².